The van der Waals surface area contributed by atoms with E-state index in [1.807, 2.05) is 42.2 Å². The van der Waals surface area contributed by atoms with Gasteiger partial charge in [-0.15, -0.1) is 0 Å². The molecule has 0 radical (unpaired) electrons. The molecule has 2 heterocycles. The maximum Gasteiger partial charge on any atom is 0.236 e. The molecule has 1 atom stereocenters. The monoisotopic (exact) mass is 485 g/mol. The normalized spacial score (nSPS) is 19.5. The van der Waals surface area contributed by atoms with Gasteiger partial charge in [0.15, 0.2) is 0 Å². The smallest absolute Gasteiger partial charge is 0.236 e. The highest BCUT2D eigenvalue weighted by Gasteiger charge is 2.28. The summed E-state index contributed by atoms with van der Waals surface area (Å²) in [7, 11) is -3.49. The summed E-state index contributed by atoms with van der Waals surface area (Å²) in [5.41, 5.74) is 1.91. The molecule has 0 saturated carbocycles. The van der Waals surface area contributed by atoms with E-state index in [9.17, 15) is 17.6 Å². The van der Waals surface area contributed by atoms with Gasteiger partial charge in [0, 0.05) is 50.4 Å². The number of nitrogens with zero attached hydrogens (tertiary/aromatic N) is 3. The molecule has 1 unspecified atom stereocenters. The van der Waals surface area contributed by atoms with E-state index in [1.165, 1.54) is 21.8 Å². The molecular weight excluding hydrogens is 453 g/mol. The summed E-state index contributed by atoms with van der Waals surface area (Å²) in [6, 6.07) is 16.1. The second-order valence-corrected chi connectivity index (χ2v) is 10.8. The van der Waals surface area contributed by atoms with Gasteiger partial charge in [0.25, 0.3) is 0 Å². The lowest BCUT2D eigenvalue weighted by atomic mass is 9.94. The van der Waals surface area contributed by atoms with Crippen LogP contribution in [0.25, 0.3) is 0 Å². The van der Waals surface area contributed by atoms with E-state index in [1.54, 1.807) is 18.2 Å². The lowest BCUT2D eigenvalue weighted by Gasteiger charge is -2.35. The van der Waals surface area contributed by atoms with Gasteiger partial charge in [-0.1, -0.05) is 36.4 Å². The fourth-order valence-electron chi connectivity index (χ4n) is 4.62. The number of hydrogen-bond donors (Lipinski definition) is 0. The van der Waals surface area contributed by atoms with Gasteiger partial charge in [-0.3, -0.25) is 4.79 Å². The third kappa shape index (κ3) is 5.85. The van der Waals surface area contributed by atoms with Crippen molar-refractivity contribution in [2.75, 3.05) is 44.2 Å². The third-order valence-electron chi connectivity index (χ3n) is 6.83. The lowest BCUT2D eigenvalue weighted by molar-refractivity contribution is -0.133. The summed E-state index contributed by atoms with van der Waals surface area (Å²) in [6.45, 7) is 5.15. The number of carbonyl (C=O) groups is 1. The van der Waals surface area contributed by atoms with Crippen molar-refractivity contribution < 1.29 is 17.6 Å². The molecule has 2 aromatic rings. The summed E-state index contributed by atoms with van der Waals surface area (Å²) < 4.78 is 40.3. The first-order chi connectivity index (χ1) is 16.3. The second kappa shape index (κ2) is 10.7. The molecular formula is C26H32FN3O3S. The Labute approximate surface area is 201 Å². The van der Waals surface area contributed by atoms with Crippen LogP contribution in [0.2, 0.25) is 0 Å². The molecule has 0 spiro atoms. The van der Waals surface area contributed by atoms with Crippen molar-refractivity contribution in [3.05, 3.63) is 77.5 Å². The highest BCUT2D eigenvalue weighted by Crippen LogP contribution is 2.25. The van der Waals surface area contributed by atoms with Gasteiger partial charge in [-0.05, 0) is 55.5 Å². The van der Waals surface area contributed by atoms with Crippen LogP contribution in [0.3, 0.4) is 0 Å². The molecule has 2 aliphatic heterocycles. The molecule has 4 rings (SSSR count). The van der Waals surface area contributed by atoms with Crippen LogP contribution < -0.4 is 4.90 Å². The average molecular weight is 486 g/mol. The van der Waals surface area contributed by atoms with Gasteiger partial charge in [-0.25, -0.2) is 12.8 Å². The third-order valence-corrected chi connectivity index (χ3v) is 8.42. The molecule has 2 aromatic carbocycles. The van der Waals surface area contributed by atoms with Gasteiger partial charge in [0.05, 0.1) is 5.92 Å². The standard InChI is InChI=1S/C26H32FN3O3S/c1-21(23-5-3-2-4-6-23)26(31)29-14-11-22(12-15-29)13-20-34(32,33)30-18-16-28(17-19-30)25-9-7-24(27)8-10-25/h2-10,13,20-22H,11-12,14-19H2,1H3. The molecule has 0 N–H and O–H groups in total. The minimum absolute atomic E-state index is 0.125. The Hall–Kier alpha value is -2.71. The summed E-state index contributed by atoms with van der Waals surface area (Å²) >= 11 is 0. The van der Waals surface area contributed by atoms with Crippen molar-refractivity contribution in [1.82, 2.24) is 9.21 Å². The maximum atomic E-state index is 13.1. The predicted molar refractivity (Wildman–Crippen MR) is 132 cm³/mol. The van der Waals surface area contributed by atoms with Crippen molar-refractivity contribution in [3.8, 4) is 0 Å². The Bertz CT molecular complexity index is 1090. The van der Waals surface area contributed by atoms with E-state index >= 15 is 0 Å². The van der Waals surface area contributed by atoms with E-state index in [4.69, 9.17) is 0 Å². The molecule has 1 amide bonds. The van der Waals surface area contributed by atoms with Crippen LogP contribution in [0.4, 0.5) is 10.1 Å². The number of piperidine rings is 1. The molecule has 2 fully saturated rings. The summed E-state index contributed by atoms with van der Waals surface area (Å²) in [6.07, 6.45) is 3.32. The predicted octanol–water partition coefficient (Wildman–Crippen LogP) is 3.83. The number of sulfonamides is 1. The van der Waals surface area contributed by atoms with E-state index in [-0.39, 0.29) is 23.6 Å². The molecule has 2 saturated heterocycles. The number of anilines is 1. The van der Waals surface area contributed by atoms with E-state index in [0.29, 0.717) is 39.3 Å². The van der Waals surface area contributed by atoms with Gasteiger partial charge in [0.2, 0.25) is 15.9 Å². The number of amides is 1. The molecule has 34 heavy (non-hydrogen) atoms. The van der Waals surface area contributed by atoms with Crippen LogP contribution in [0, 0.1) is 11.7 Å². The van der Waals surface area contributed by atoms with Crippen molar-refractivity contribution in [1.29, 1.82) is 0 Å². The number of allylic oxidation sites excluding steroid dienone is 1. The quantitative estimate of drug-likeness (QED) is 0.624. The minimum atomic E-state index is -3.49. The minimum Gasteiger partial charge on any atom is -0.369 e. The zero-order chi connectivity index (χ0) is 24.1. The van der Waals surface area contributed by atoms with Crippen LogP contribution in [-0.2, 0) is 14.8 Å². The summed E-state index contributed by atoms with van der Waals surface area (Å²) in [5.74, 6) is -0.190. The van der Waals surface area contributed by atoms with Gasteiger partial charge in [-0.2, -0.15) is 4.31 Å². The van der Waals surface area contributed by atoms with Crippen LogP contribution in [0.1, 0.15) is 31.2 Å². The largest absolute Gasteiger partial charge is 0.369 e. The molecule has 6 nitrogen and oxygen atoms in total. The fourth-order valence-corrected chi connectivity index (χ4v) is 5.88. The van der Waals surface area contributed by atoms with Gasteiger partial charge in [0.1, 0.15) is 5.82 Å². The Morgan fingerprint density at radius 3 is 2.18 bits per heavy atom. The van der Waals surface area contributed by atoms with Gasteiger partial charge < -0.3 is 9.80 Å². The summed E-state index contributed by atoms with van der Waals surface area (Å²) in [4.78, 5) is 16.8. The maximum absolute atomic E-state index is 13.1. The second-order valence-electron chi connectivity index (χ2n) is 9.03. The Morgan fingerprint density at radius 1 is 0.941 bits per heavy atom. The average Bonchev–Trinajstić information content (AvgIpc) is 2.88. The van der Waals surface area contributed by atoms with Crippen LogP contribution >= 0.6 is 0 Å². The Balaban J connectivity index is 1.26. The highest BCUT2D eigenvalue weighted by atomic mass is 32.2. The topological polar surface area (TPSA) is 60.9 Å². The SMILES string of the molecule is CC(C(=O)N1CCC(C=CS(=O)(=O)N2CCN(c3ccc(F)cc3)CC2)CC1)c1ccccc1. The number of halogens is 1. The zero-order valence-electron chi connectivity index (χ0n) is 19.5. The number of rotatable bonds is 6. The lowest BCUT2D eigenvalue weighted by Crippen LogP contribution is -2.48. The van der Waals surface area contributed by atoms with Crippen LogP contribution in [0.15, 0.2) is 66.1 Å². The van der Waals surface area contributed by atoms with E-state index < -0.39 is 10.0 Å². The first kappa shape index (κ1) is 24.4. The van der Waals surface area contributed by atoms with Crippen molar-refractivity contribution in [2.24, 2.45) is 5.92 Å². The zero-order valence-corrected chi connectivity index (χ0v) is 20.3. The first-order valence-electron chi connectivity index (χ1n) is 11.9. The Morgan fingerprint density at radius 2 is 1.56 bits per heavy atom. The Kier molecular flexibility index (Phi) is 7.68. The van der Waals surface area contributed by atoms with Gasteiger partial charge >= 0.3 is 0 Å². The number of piperazine rings is 1. The summed E-state index contributed by atoms with van der Waals surface area (Å²) in [5, 5.41) is 1.34. The van der Waals surface area contributed by atoms with Crippen molar-refractivity contribution in [3.63, 3.8) is 0 Å². The number of carbonyl (C=O) groups excluding carboxylic acids is 1. The highest BCUT2D eigenvalue weighted by molar-refractivity contribution is 7.92. The van der Waals surface area contributed by atoms with Crippen molar-refractivity contribution >= 4 is 21.6 Å². The van der Waals surface area contributed by atoms with Crippen LogP contribution in [-0.4, -0.2) is 62.8 Å². The van der Waals surface area contributed by atoms with E-state index in [2.05, 4.69) is 4.90 Å². The van der Waals surface area contributed by atoms with Crippen LogP contribution in [0.5, 0.6) is 0 Å². The van der Waals surface area contributed by atoms with E-state index in [0.717, 1.165) is 24.1 Å². The number of benzene rings is 2. The number of likely N-dealkylation sites (tertiary alicyclic amines) is 1. The number of hydrogen-bond acceptors (Lipinski definition) is 4. The fraction of sp³-hybridized carbons (Fsp3) is 0.423. The molecule has 0 aromatic heterocycles. The molecule has 8 heteroatoms. The molecule has 0 bridgehead atoms. The molecule has 2 aliphatic rings. The van der Waals surface area contributed by atoms with Crippen molar-refractivity contribution in [2.45, 2.75) is 25.7 Å². The molecule has 0 aliphatic carbocycles. The first-order valence-corrected chi connectivity index (χ1v) is 13.4. The molecule has 182 valence electrons.